The van der Waals surface area contributed by atoms with Gasteiger partial charge in [-0.05, 0) is 71.5 Å². The van der Waals surface area contributed by atoms with E-state index < -0.39 is 22.1 Å². The summed E-state index contributed by atoms with van der Waals surface area (Å²) in [4.78, 5) is 26.1. The van der Waals surface area contributed by atoms with E-state index in [0.717, 1.165) is 30.4 Å². The fourth-order valence-corrected chi connectivity index (χ4v) is 5.79. The summed E-state index contributed by atoms with van der Waals surface area (Å²) < 4.78 is 28.4. The van der Waals surface area contributed by atoms with Crippen LogP contribution in [0.4, 0.5) is 16.2 Å². The fraction of sp³-hybridized carbons (Fsp3) is 0.412. The van der Waals surface area contributed by atoms with Crippen LogP contribution in [-0.4, -0.2) is 32.9 Å². The summed E-state index contributed by atoms with van der Waals surface area (Å²) in [7, 11) is -3.79. The molecule has 0 bridgehead atoms. The predicted molar refractivity (Wildman–Crippen MR) is 180 cm³/mol. The highest BCUT2D eigenvalue weighted by Crippen LogP contribution is 2.25. The predicted octanol–water partition coefficient (Wildman–Crippen LogP) is 7.65. The minimum Gasteiger partial charge on any atom is -0.354 e. The lowest BCUT2D eigenvalue weighted by molar-refractivity contribution is -0.122. The quantitative estimate of drug-likeness (QED) is 0.128. The Bertz CT molecular complexity index is 1450. The van der Waals surface area contributed by atoms with Gasteiger partial charge in [0.15, 0.2) is 0 Å². The van der Waals surface area contributed by atoms with E-state index in [1.165, 1.54) is 19.3 Å². The first kappa shape index (κ1) is 34.9. The number of unbranched alkanes of at least 4 members (excludes halogenated alkanes) is 5. The maximum absolute atomic E-state index is 13.1. The lowest BCUT2D eigenvalue weighted by Gasteiger charge is -2.19. The Morgan fingerprint density at radius 3 is 2.00 bits per heavy atom. The molecule has 10 heteroatoms. The number of nitrogens with one attached hydrogen (secondary N) is 4. The van der Waals surface area contributed by atoms with Gasteiger partial charge in [0.05, 0.1) is 4.90 Å². The van der Waals surface area contributed by atoms with Crippen molar-refractivity contribution < 1.29 is 18.0 Å². The number of benzene rings is 3. The minimum absolute atomic E-state index is 0.0853. The number of hydrogen-bond donors (Lipinski definition) is 4. The summed E-state index contributed by atoms with van der Waals surface area (Å²) >= 11 is 6.02. The number of anilines is 2. The summed E-state index contributed by atoms with van der Waals surface area (Å²) in [6.45, 7) is 8.92. The molecule has 0 heterocycles. The largest absolute Gasteiger partial charge is 0.354 e. The van der Waals surface area contributed by atoms with Gasteiger partial charge in [0, 0.05) is 29.4 Å². The van der Waals surface area contributed by atoms with Gasteiger partial charge in [-0.1, -0.05) is 95.7 Å². The number of halogens is 1. The van der Waals surface area contributed by atoms with Gasteiger partial charge in [0.2, 0.25) is 5.91 Å². The second kappa shape index (κ2) is 16.5. The lowest BCUT2D eigenvalue weighted by atomic mass is 9.87. The molecule has 0 aliphatic heterocycles. The number of hydrogen-bond acceptors (Lipinski definition) is 4. The van der Waals surface area contributed by atoms with Crippen molar-refractivity contribution in [1.82, 2.24) is 10.6 Å². The van der Waals surface area contributed by atoms with E-state index in [2.05, 4.69) is 48.4 Å². The van der Waals surface area contributed by atoms with E-state index in [1.807, 2.05) is 24.3 Å². The van der Waals surface area contributed by atoms with Crippen LogP contribution in [0.1, 0.15) is 77.3 Å². The highest BCUT2D eigenvalue weighted by Gasteiger charge is 2.22. The number of carbonyl (C=O) groups is 2. The van der Waals surface area contributed by atoms with Crippen LogP contribution >= 0.6 is 11.6 Å². The molecule has 0 aliphatic carbocycles. The van der Waals surface area contributed by atoms with E-state index >= 15 is 0 Å². The zero-order chi connectivity index (χ0) is 32.2. The lowest BCUT2D eigenvalue weighted by Crippen LogP contribution is -2.49. The fourth-order valence-electron chi connectivity index (χ4n) is 4.60. The van der Waals surface area contributed by atoms with E-state index in [1.54, 1.807) is 48.5 Å². The third kappa shape index (κ3) is 11.5. The highest BCUT2D eigenvalue weighted by atomic mass is 35.5. The average molecular weight is 641 g/mol. The first-order valence-electron chi connectivity index (χ1n) is 15.2. The number of carbonyl (C=O) groups excluding carboxylic acids is 2. The summed E-state index contributed by atoms with van der Waals surface area (Å²) in [5, 5.41) is 9.06. The van der Waals surface area contributed by atoms with Crippen LogP contribution in [0.15, 0.2) is 77.7 Å². The molecular weight excluding hydrogens is 596 g/mol. The van der Waals surface area contributed by atoms with Crippen LogP contribution in [0.3, 0.4) is 0 Å². The normalized spacial score (nSPS) is 12.3. The van der Waals surface area contributed by atoms with E-state index in [4.69, 9.17) is 11.6 Å². The molecule has 0 saturated carbocycles. The summed E-state index contributed by atoms with van der Waals surface area (Å²) in [6.07, 6.45) is 6.97. The number of amides is 3. The Balaban J connectivity index is 1.59. The molecule has 1 atom stereocenters. The van der Waals surface area contributed by atoms with Gasteiger partial charge in [0.25, 0.3) is 10.0 Å². The Labute approximate surface area is 267 Å². The molecule has 0 aromatic heterocycles. The van der Waals surface area contributed by atoms with Crippen molar-refractivity contribution >= 4 is 44.9 Å². The molecule has 3 rings (SSSR count). The molecule has 44 heavy (non-hydrogen) atoms. The SMILES string of the molecule is CCCCCCCCNC(=O)[C@H](Cc1ccc(Cl)cc1)NC(=O)Nc1ccc(NS(=O)(=O)c2ccc(C(C)(C)C)cc2)cc1. The Kier molecular flexibility index (Phi) is 13.1. The summed E-state index contributed by atoms with van der Waals surface area (Å²) in [5.74, 6) is -0.260. The van der Waals surface area contributed by atoms with Crippen molar-refractivity contribution in [2.24, 2.45) is 0 Å². The number of urea groups is 1. The van der Waals surface area contributed by atoms with Gasteiger partial charge in [0.1, 0.15) is 6.04 Å². The third-order valence-electron chi connectivity index (χ3n) is 7.23. The molecule has 3 amide bonds. The topological polar surface area (TPSA) is 116 Å². The molecule has 238 valence electrons. The van der Waals surface area contributed by atoms with Gasteiger partial charge >= 0.3 is 6.03 Å². The van der Waals surface area contributed by atoms with Gasteiger partial charge in [-0.3, -0.25) is 9.52 Å². The van der Waals surface area contributed by atoms with Crippen LogP contribution in [0.25, 0.3) is 0 Å². The molecule has 0 aliphatic rings. The monoisotopic (exact) mass is 640 g/mol. The number of rotatable bonds is 15. The van der Waals surface area contributed by atoms with E-state index in [0.29, 0.717) is 29.4 Å². The van der Waals surface area contributed by atoms with Crippen molar-refractivity contribution in [2.45, 2.75) is 89.0 Å². The van der Waals surface area contributed by atoms with Crippen molar-refractivity contribution in [3.05, 3.63) is 88.9 Å². The van der Waals surface area contributed by atoms with Gasteiger partial charge in [-0.2, -0.15) is 0 Å². The van der Waals surface area contributed by atoms with Crippen molar-refractivity contribution in [3.63, 3.8) is 0 Å². The van der Waals surface area contributed by atoms with Gasteiger partial charge in [-0.25, -0.2) is 13.2 Å². The summed E-state index contributed by atoms with van der Waals surface area (Å²) in [6, 6.07) is 18.9. The molecule has 0 saturated heterocycles. The maximum atomic E-state index is 13.1. The van der Waals surface area contributed by atoms with Gasteiger partial charge in [-0.15, -0.1) is 0 Å². The molecule has 8 nitrogen and oxygen atoms in total. The average Bonchev–Trinajstić information content (AvgIpc) is 2.98. The van der Waals surface area contributed by atoms with Crippen LogP contribution in [-0.2, 0) is 26.7 Å². The third-order valence-corrected chi connectivity index (χ3v) is 8.88. The molecule has 0 unspecified atom stereocenters. The Hall–Kier alpha value is -3.56. The first-order valence-corrected chi connectivity index (χ1v) is 17.1. The second-order valence-corrected chi connectivity index (χ2v) is 14.1. The zero-order valence-electron chi connectivity index (χ0n) is 26.1. The van der Waals surface area contributed by atoms with E-state index in [9.17, 15) is 18.0 Å². The van der Waals surface area contributed by atoms with Crippen LogP contribution in [0.5, 0.6) is 0 Å². The smallest absolute Gasteiger partial charge is 0.319 e. The zero-order valence-corrected chi connectivity index (χ0v) is 27.7. The Morgan fingerprint density at radius 2 is 1.39 bits per heavy atom. The molecule has 0 spiro atoms. The van der Waals surface area contributed by atoms with Crippen LogP contribution in [0.2, 0.25) is 5.02 Å². The Morgan fingerprint density at radius 1 is 0.795 bits per heavy atom. The second-order valence-electron chi connectivity index (χ2n) is 12.0. The molecule has 4 N–H and O–H groups in total. The number of sulfonamides is 1. The van der Waals surface area contributed by atoms with Gasteiger partial charge < -0.3 is 16.0 Å². The highest BCUT2D eigenvalue weighted by molar-refractivity contribution is 7.92. The van der Waals surface area contributed by atoms with E-state index in [-0.39, 0.29) is 16.2 Å². The molecular formula is C34H45ClN4O4S. The summed E-state index contributed by atoms with van der Waals surface area (Å²) in [5.41, 5.74) is 2.61. The van der Waals surface area contributed by atoms with Crippen molar-refractivity contribution in [2.75, 3.05) is 16.6 Å². The van der Waals surface area contributed by atoms with Crippen molar-refractivity contribution in [3.8, 4) is 0 Å². The first-order chi connectivity index (χ1) is 20.9. The van der Waals surface area contributed by atoms with Crippen LogP contribution in [0, 0.1) is 0 Å². The molecule has 0 fully saturated rings. The molecule has 3 aromatic carbocycles. The van der Waals surface area contributed by atoms with Crippen LogP contribution < -0.4 is 20.7 Å². The molecule has 3 aromatic rings. The standard InChI is InChI=1S/C34H45ClN4O4S/c1-5-6-7-8-9-10-23-36-32(40)31(24-25-11-15-27(35)16-12-25)38-33(41)37-28-17-19-29(20-18-28)39-44(42,43)30-21-13-26(14-22-30)34(2,3)4/h11-22,31,39H,5-10,23-24H2,1-4H3,(H,36,40)(H2,37,38,41)/t31-/m0/s1. The minimum atomic E-state index is -3.79. The maximum Gasteiger partial charge on any atom is 0.319 e. The van der Waals surface area contributed by atoms with Crippen molar-refractivity contribution in [1.29, 1.82) is 0 Å². The molecule has 0 radical (unpaired) electrons.